The normalized spacial score (nSPS) is 16.2. The number of rotatable bonds is 6. The number of ether oxygens (including phenoxy) is 1. The highest BCUT2D eigenvalue weighted by Gasteiger charge is 2.39. The summed E-state index contributed by atoms with van der Waals surface area (Å²) in [5, 5.41) is 11.6. The minimum absolute atomic E-state index is 0.0407. The maximum Gasteiger partial charge on any atom is 0.319 e. The van der Waals surface area contributed by atoms with Gasteiger partial charge >= 0.3 is 6.03 Å². The van der Waals surface area contributed by atoms with Crippen molar-refractivity contribution in [2.24, 2.45) is 5.41 Å². The highest BCUT2D eigenvalue weighted by Crippen LogP contribution is 2.31. The topological polar surface area (TPSA) is 91.5 Å². The highest BCUT2D eigenvalue weighted by molar-refractivity contribution is 5.96. The number of piperidine rings is 1. The van der Waals surface area contributed by atoms with Crippen LogP contribution in [0.3, 0.4) is 0 Å². The quantitative estimate of drug-likeness (QED) is 0.638. The van der Waals surface area contributed by atoms with Gasteiger partial charge in [0.1, 0.15) is 0 Å². The van der Waals surface area contributed by atoms with Crippen molar-refractivity contribution in [3.05, 3.63) is 24.3 Å². The second-order valence-corrected chi connectivity index (χ2v) is 5.98. The van der Waals surface area contributed by atoms with E-state index in [1.165, 1.54) is 0 Å². The minimum atomic E-state index is -0.511. The second kappa shape index (κ2) is 8.65. The van der Waals surface area contributed by atoms with Crippen LogP contribution in [0.5, 0.6) is 0 Å². The Bertz CT molecular complexity index is 565. The number of methoxy groups -OCH3 is 1. The Hall–Kier alpha value is -2.12. The number of urea groups is 1. The third-order valence-electron chi connectivity index (χ3n) is 4.18. The lowest BCUT2D eigenvalue weighted by molar-refractivity contribution is -0.130. The predicted octanol–water partition coefficient (Wildman–Crippen LogP) is 1.78. The molecule has 1 aliphatic rings. The molecule has 132 valence electrons. The standard InChI is InChI=1S/C17H26N4O3/c1-3-19-16(23)21-14-6-4-5-13(11-14)20-15(22)17(12-24-2)7-9-18-10-8-17/h4-6,11,18H,3,7-10,12H2,1-2H3,(H,20,22)(H2,19,21,23). The van der Waals surface area contributed by atoms with Crippen molar-refractivity contribution in [2.75, 3.05) is 44.0 Å². The average Bonchev–Trinajstić information content (AvgIpc) is 2.56. The molecule has 0 saturated carbocycles. The summed E-state index contributed by atoms with van der Waals surface area (Å²) in [5.74, 6) is -0.0407. The van der Waals surface area contributed by atoms with E-state index in [1.807, 2.05) is 13.0 Å². The van der Waals surface area contributed by atoms with Crippen molar-refractivity contribution in [1.29, 1.82) is 0 Å². The molecule has 1 aromatic rings. The smallest absolute Gasteiger partial charge is 0.319 e. The van der Waals surface area contributed by atoms with Gasteiger partial charge in [-0.1, -0.05) is 6.07 Å². The molecule has 0 atom stereocenters. The van der Waals surface area contributed by atoms with E-state index >= 15 is 0 Å². The Labute approximate surface area is 142 Å². The van der Waals surface area contributed by atoms with E-state index in [0.29, 0.717) is 24.5 Å². The number of benzene rings is 1. The Balaban J connectivity index is 2.06. The van der Waals surface area contributed by atoms with E-state index in [9.17, 15) is 9.59 Å². The maximum absolute atomic E-state index is 12.8. The van der Waals surface area contributed by atoms with Gasteiger partial charge in [0.15, 0.2) is 0 Å². The van der Waals surface area contributed by atoms with E-state index in [0.717, 1.165) is 25.9 Å². The zero-order chi connectivity index (χ0) is 17.4. The SMILES string of the molecule is CCNC(=O)Nc1cccc(NC(=O)C2(COC)CCNCC2)c1. The molecule has 0 bridgehead atoms. The number of amides is 3. The summed E-state index contributed by atoms with van der Waals surface area (Å²) >= 11 is 0. The van der Waals surface area contributed by atoms with Crippen LogP contribution < -0.4 is 21.3 Å². The van der Waals surface area contributed by atoms with Gasteiger partial charge in [-0.15, -0.1) is 0 Å². The molecule has 0 spiro atoms. The number of hydrogen-bond acceptors (Lipinski definition) is 4. The van der Waals surface area contributed by atoms with Crippen molar-refractivity contribution in [1.82, 2.24) is 10.6 Å². The van der Waals surface area contributed by atoms with Gasteiger partial charge in [0, 0.05) is 25.0 Å². The molecule has 1 heterocycles. The van der Waals surface area contributed by atoms with Gasteiger partial charge in [-0.2, -0.15) is 0 Å². The molecule has 1 aromatic carbocycles. The molecule has 1 saturated heterocycles. The number of carbonyl (C=O) groups excluding carboxylic acids is 2. The molecule has 1 fully saturated rings. The number of hydrogen-bond donors (Lipinski definition) is 4. The number of anilines is 2. The largest absolute Gasteiger partial charge is 0.384 e. The summed E-state index contributed by atoms with van der Waals surface area (Å²) in [6.45, 7) is 4.41. The van der Waals surface area contributed by atoms with Crippen LogP contribution in [0.1, 0.15) is 19.8 Å². The molecule has 1 aliphatic heterocycles. The van der Waals surface area contributed by atoms with E-state index < -0.39 is 5.41 Å². The first-order valence-corrected chi connectivity index (χ1v) is 8.25. The molecule has 0 aromatic heterocycles. The van der Waals surface area contributed by atoms with Crippen molar-refractivity contribution in [2.45, 2.75) is 19.8 Å². The fraction of sp³-hybridized carbons (Fsp3) is 0.529. The lowest BCUT2D eigenvalue weighted by Gasteiger charge is -2.35. The van der Waals surface area contributed by atoms with E-state index in [4.69, 9.17) is 4.74 Å². The molecular weight excluding hydrogens is 308 g/mol. The predicted molar refractivity (Wildman–Crippen MR) is 94.2 cm³/mol. The molecule has 7 nitrogen and oxygen atoms in total. The lowest BCUT2D eigenvalue weighted by atomic mass is 9.78. The van der Waals surface area contributed by atoms with Crippen LogP contribution in [0.2, 0.25) is 0 Å². The summed E-state index contributed by atoms with van der Waals surface area (Å²) in [7, 11) is 1.62. The average molecular weight is 334 g/mol. The fourth-order valence-electron chi connectivity index (χ4n) is 2.89. The van der Waals surface area contributed by atoms with Crippen molar-refractivity contribution >= 4 is 23.3 Å². The van der Waals surface area contributed by atoms with Gasteiger partial charge in [0.25, 0.3) is 0 Å². The van der Waals surface area contributed by atoms with Crippen molar-refractivity contribution in [3.8, 4) is 0 Å². The fourth-order valence-corrected chi connectivity index (χ4v) is 2.89. The molecular formula is C17H26N4O3. The van der Waals surface area contributed by atoms with Gasteiger partial charge in [0.05, 0.1) is 12.0 Å². The number of nitrogens with one attached hydrogen (secondary N) is 4. The van der Waals surface area contributed by atoms with E-state index in [1.54, 1.807) is 25.3 Å². The Morgan fingerprint density at radius 1 is 1.21 bits per heavy atom. The highest BCUT2D eigenvalue weighted by atomic mass is 16.5. The summed E-state index contributed by atoms with van der Waals surface area (Å²) in [6.07, 6.45) is 1.48. The molecule has 24 heavy (non-hydrogen) atoms. The molecule has 0 unspecified atom stereocenters. The molecule has 2 rings (SSSR count). The van der Waals surface area contributed by atoms with Crippen LogP contribution in [0.15, 0.2) is 24.3 Å². The van der Waals surface area contributed by atoms with Crippen LogP contribution in [-0.4, -0.2) is 45.3 Å². The second-order valence-electron chi connectivity index (χ2n) is 5.98. The molecule has 0 radical (unpaired) electrons. The van der Waals surface area contributed by atoms with Gasteiger partial charge < -0.3 is 26.0 Å². The zero-order valence-corrected chi connectivity index (χ0v) is 14.3. The molecule has 0 aliphatic carbocycles. The minimum Gasteiger partial charge on any atom is -0.384 e. The first-order chi connectivity index (χ1) is 11.6. The van der Waals surface area contributed by atoms with Crippen molar-refractivity contribution in [3.63, 3.8) is 0 Å². The van der Waals surface area contributed by atoms with Crippen LogP contribution in [-0.2, 0) is 9.53 Å². The Morgan fingerprint density at radius 3 is 2.50 bits per heavy atom. The monoisotopic (exact) mass is 334 g/mol. The summed E-state index contributed by atoms with van der Waals surface area (Å²) in [5.41, 5.74) is 0.774. The summed E-state index contributed by atoms with van der Waals surface area (Å²) < 4.78 is 5.29. The zero-order valence-electron chi connectivity index (χ0n) is 14.3. The maximum atomic E-state index is 12.8. The first kappa shape index (κ1) is 18.2. The lowest BCUT2D eigenvalue weighted by Crippen LogP contribution is -2.47. The van der Waals surface area contributed by atoms with Crippen LogP contribution in [0.4, 0.5) is 16.2 Å². The molecule has 7 heteroatoms. The van der Waals surface area contributed by atoms with E-state index in [2.05, 4.69) is 21.3 Å². The van der Waals surface area contributed by atoms with Gasteiger partial charge in [0.2, 0.25) is 5.91 Å². The van der Waals surface area contributed by atoms with E-state index in [-0.39, 0.29) is 11.9 Å². The Morgan fingerprint density at radius 2 is 1.88 bits per heavy atom. The van der Waals surface area contributed by atoms with Crippen LogP contribution >= 0.6 is 0 Å². The molecule has 3 amide bonds. The summed E-state index contributed by atoms with van der Waals surface area (Å²) in [4.78, 5) is 24.4. The van der Waals surface area contributed by atoms with Crippen LogP contribution in [0, 0.1) is 5.41 Å². The van der Waals surface area contributed by atoms with Gasteiger partial charge in [-0.25, -0.2) is 4.79 Å². The third kappa shape index (κ3) is 4.69. The Kier molecular flexibility index (Phi) is 6.57. The first-order valence-electron chi connectivity index (χ1n) is 8.25. The third-order valence-corrected chi connectivity index (χ3v) is 4.18. The van der Waals surface area contributed by atoms with Crippen molar-refractivity contribution < 1.29 is 14.3 Å². The van der Waals surface area contributed by atoms with Gasteiger partial charge in [-0.05, 0) is 51.1 Å². The summed E-state index contributed by atoms with van der Waals surface area (Å²) in [6, 6.07) is 6.86. The number of carbonyl (C=O) groups is 2. The van der Waals surface area contributed by atoms with Crippen LogP contribution in [0.25, 0.3) is 0 Å². The molecule has 4 N–H and O–H groups in total. The van der Waals surface area contributed by atoms with Gasteiger partial charge in [-0.3, -0.25) is 4.79 Å².